The number of nitrogens with zero attached hydrogens (tertiary/aromatic N) is 2. The van der Waals surface area contributed by atoms with Gasteiger partial charge in [0.2, 0.25) is 0 Å². The zero-order valence-corrected chi connectivity index (χ0v) is 12.6. The number of benzene rings is 1. The minimum absolute atomic E-state index is 0.619. The predicted molar refractivity (Wildman–Crippen MR) is 83.1 cm³/mol. The first kappa shape index (κ1) is 13.8. The third-order valence-electron chi connectivity index (χ3n) is 5.16. The maximum absolute atomic E-state index is 8.91. The van der Waals surface area contributed by atoms with Crippen molar-refractivity contribution in [2.45, 2.75) is 44.9 Å². The summed E-state index contributed by atoms with van der Waals surface area (Å²) in [6.45, 7) is 2.21. The fourth-order valence-electron chi connectivity index (χ4n) is 3.86. The van der Waals surface area contributed by atoms with E-state index < -0.39 is 0 Å². The molecule has 0 aromatic heterocycles. The first-order chi connectivity index (χ1) is 9.72. The minimum atomic E-state index is 0.619. The quantitative estimate of drug-likeness (QED) is 0.745. The van der Waals surface area contributed by atoms with Crippen molar-refractivity contribution in [3.63, 3.8) is 0 Å². The molecule has 0 N–H and O–H groups in total. The van der Waals surface area contributed by atoms with E-state index in [9.17, 15) is 0 Å². The Bertz CT molecular complexity index is 516. The minimum Gasteiger partial charge on any atom is -0.370 e. The standard InChI is InChI=1S/C17H21ClN2/c18-15-12-14(13-19)4-5-16(15)20-10-8-17(9-11-20)6-2-1-3-7-17/h4-5,12H,1-3,6-11H2. The molecule has 2 nitrogen and oxygen atoms in total. The number of rotatable bonds is 1. The van der Waals surface area contributed by atoms with Crippen LogP contribution in [0.1, 0.15) is 50.5 Å². The topological polar surface area (TPSA) is 27.0 Å². The number of nitriles is 1. The Balaban J connectivity index is 1.70. The second-order valence-corrected chi connectivity index (χ2v) is 6.73. The van der Waals surface area contributed by atoms with Gasteiger partial charge in [-0.1, -0.05) is 30.9 Å². The van der Waals surface area contributed by atoms with Gasteiger partial charge in [-0.2, -0.15) is 5.26 Å². The summed E-state index contributed by atoms with van der Waals surface area (Å²) in [4.78, 5) is 2.39. The first-order valence-corrected chi connectivity index (χ1v) is 8.05. The van der Waals surface area contributed by atoms with E-state index in [1.807, 2.05) is 12.1 Å². The molecular weight excluding hydrogens is 268 g/mol. The Kier molecular flexibility index (Phi) is 3.89. The molecule has 1 aromatic rings. The second-order valence-electron chi connectivity index (χ2n) is 6.33. The highest BCUT2D eigenvalue weighted by Gasteiger charge is 2.35. The van der Waals surface area contributed by atoms with Crippen molar-refractivity contribution in [3.05, 3.63) is 28.8 Å². The van der Waals surface area contributed by atoms with Crippen LogP contribution in [0.3, 0.4) is 0 Å². The summed E-state index contributed by atoms with van der Waals surface area (Å²) in [5, 5.41) is 9.62. The van der Waals surface area contributed by atoms with Gasteiger partial charge in [0.05, 0.1) is 22.3 Å². The van der Waals surface area contributed by atoms with Crippen molar-refractivity contribution in [1.82, 2.24) is 0 Å². The summed E-state index contributed by atoms with van der Waals surface area (Å²) >= 11 is 6.33. The normalized spacial score (nSPS) is 21.7. The summed E-state index contributed by atoms with van der Waals surface area (Å²) in [6.07, 6.45) is 9.68. The smallest absolute Gasteiger partial charge is 0.0992 e. The molecule has 0 bridgehead atoms. The average molecular weight is 289 g/mol. The van der Waals surface area contributed by atoms with Crippen molar-refractivity contribution in [1.29, 1.82) is 5.26 Å². The van der Waals surface area contributed by atoms with E-state index in [1.165, 1.54) is 44.9 Å². The average Bonchev–Trinajstić information content (AvgIpc) is 2.49. The molecule has 1 saturated heterocycles. The highest BCUT2D eigenvalue weighted by Crippen LogP contribution is 2.45. The third-order valence-corrected chi connectivity index (χ3v) is 5.46. The molecule has 1 spiro atoms. The van der Waals surface area contributed by atoms with E-state index in [4.69, 9.17) is 16.9 Å². The molecule has 3 heteroatoms. The number of piperidine rings is 1. The lowest BCUT2D eigenvalue weighted by molar-refractivity contribution is 0.144. The van der Waals surface area contributed by atoms with Crippen LogP contribution in [-0.4, -0.2) is 13.1 Å². The molecule has 1 saturated carbocycles. The van der Waals surface area contributed by atoms with Gasteiger partial charge in [0.1, 0.15) is 0 Å². The Morgan fingerprint density at radius 2 is 1.75 bits per heavy atom. The summed E-state index contributed by atoms with van der Waals surface area (Å²) < 4.78 is 0. The zero-order valence-electron chi connectivity index (χ0n) is 11.9. The van der Waals surface area contributed by atoms with Crippen molar-refractivity contribution in [2.24, 2.45) is 5.41 Å². The zero-order chi connectivity index (χ0) is 14.0. The summed E-state index contributed by atoms with van der Waals surface area (Å²) in [7, 11) is 0. The monoisotopic (exact) mass is 288 g/mol. The first-order valence-electron chi connectivity index (χ1n) is 7.67. The van der Waals surface area contributed by atoms with Crippen molar-refractivity contribution < 1.29 is 0 Å². The van der Waals surface area contributed by atoms with E-state index in [1.54, 1.807) is 6.07 Å². The van der Waals surface area contributed by atoms with Crippen LogP contribution < -0.4 is 4.90 Å². The molecule has 1 aromatic carbocycles. The van der Waals surface area contributed by atoms with Gasteiger partial charge in [0.25, 0.3) is 0 Å². The van der Waals surface area contributed by atoms with Crippen LogP contribution in [-0.2, 0) is 0 Å². The van der Waals surface area contributed by atoms with Gasteiger partial charge in [-0.05, 0) is 49.3 Å². The van der Waals surface area contributed by atoms with Gasteiger partial charge in [0, 0.05) is 13.1 Å². The molecule has 20 heavy (non-hydrogen) atoms. The van der Waals surface area contributed by atoms with Crippen LogP contribution in [0.5, 0.6) is 0 Å². The molecule has 1 aliphatic heterocycles. The van der Waals surface area contributed by atoms with Crippen LogP contribution in [0.25, 0.3) is 0 Å². The molecule has 0 unspecified atom stereocenters. The SMILES string of the molecule is N#Cc1ccc(N2CCC3(CCCCC3)CC2)c(Cl)c1. The molecule has 2 fully saturated rings. The molecule has 0 radical (unpaired) electrons. The van der Waals surface area contributed by atoms with E-state index in [0.29, 0.717) is 16.0 Å². The molecule has 106 valence electrons. The van der Waals surface area contributed by atoms with Gasteiger partial charge in [-0.25, -0.2) is 0 Å². The number of halogens is 1. The molecule has 0 amide bonds. The lowest BCUT2D eigenvalue weighted by atomic mass is 9.68. The van der Waals surface area contributed by atoms with Gasteiger partial charge in [-0.3, -0.25) is 0 Å². The van der Waals surface area contributed by atoms with E-state index in [0.717, 1.165) is 18.8 Å². The Labute approximate surface area is 126 Å². The van der Waals surface area contributed by atoms with Crippen LogP contribution in [0.2, 0.25) is 5.02 Å². The van der Waals surface area contributed by atoms with Crippen LogP contribution in [0, 0.1) is 16.7 Å². The van der Waals surface area contributed by atoms with Crippen molar-refractivity contribution >= 4 is 17.3 Å². The Hall–Kier alpha value is -1.20. The predicted octanol–water partition coefficient (Wildman–Crippen LogP) is 4.76. The molecule has 0 atom stereocenters. The fraction of sp³-hybridized carbons (Fsp3) is 0.588. The molecule has 2 aliphatic rings. The van der Waals surface area contributed by atoms with Crippen LogP contribution in [0.4, 0.5) is 5.69 Å². The Morgan fingerprint density at radius 1 is 1.05 bits per heavy atom. The number of hydrogen-bond acceptors (Lipinski definition) is 2. The van der Waals surface area contributed by atoms with Crippen molar-refractivity contribution in [2.75, 3.05) is 18.0 Å². The summed E-state index contributed by atoms with van der Waals surface area (Å²) in [6, 6.07) is 7.79. The Morgan fingerprint density at radius 3 is 2.35 bits per heavy atom. The highest BCUT2D eigenvalue weighted by atomic mass is 35.5. The van der Waals surface area contributed by atoms with Crippen LogP contribution in [0.15, 0.2) is 18.2 Å². The molecule has 1 heterocycles. The fourth-order valence-corrected chi connectivity index (χ4v) is 4.16. The van der Waals surface area contributed by atoms with Gasteiger partial charge in [0.15, 0.2) is 0 Å². The maximum Gasteiger partial charge on any atom is 0.0992 e. The maximum atomic E-state index is 8.91. The van der Waals surface area contributed by atoms with Crippen molar-refractivity contribution in [3.8, 4) is 6.07 Å². The largest absolute Gasteiger partial charge is 0.370 e. The van der Waals surface area contributed by atoms with E-state index >= 15 is 0 Å². The number of hydrogen-bond donors (Lipinski definition) is 0. The van der Waals surface area contributed by atoms with Crippen LogP contribution >= 0.6 is 11.6 Å². The highest BCUT2D eigenvalue weighted by molar-refractivity contribution is 6.33. The lowest BCUT2D eigenvalue weighted by Crippen LogP contribution is -2.41. The third kappa shape index (κ3) is 2.65. The van der Waals surface area contributed by atoms with Gasteiger partial charge in [-0.15, -0.1) is 0 Å². The summed E-state index contributed by atoms with van der Waals surface area (Å²) in [5.41, 5.74) is 2.35. The second kappa shape index (κ2) is 5.66. The van der Waals surface area contributed by atoms with Gasteiger partial charge >= 0.3 is 0 Å². The lowest BCUT2D eigenvalue weighted by Gasteiger charge is -2.45. The molecular formula is C17H21ClN2. The molecule has 3 rings (SSSR count). The number of anilines is 1. The van der Waals surface area contributed by atoms with E-state index in [2.05, 4.69) is 11.0 Å². The van der Waals surface area contributed by atoms with E-state index in [-0.39, 0.29) is 0 Å². The summed E-state index contributed by atoms with van der Waals surface area (Å²) in [5.74, 6) is 0. The van der Waals surface area contributed by atoms with Gasteiger partial charge < -0.3 is 4.90 Å². The molecule has 1 aliphatic carbocycles.